The zero-order chi connectivity index (χ0) is 19.9. The number of nitrogens with zero attached hydrogens (tertiary/aromatic N) is 3. The first kappa shape index (κ1) is 19.6. The molecule has 0 bridgehead atoms. The number of fused-ring (bicyclic) bond motifs is 1. The van der Waals surface area contributed by atoms with Gasteiger partial charge in [0, 0.05) is 43.5 Å². The summed E-state index contributed by atoms with van der Waals surface area (Å²) in [6, 6.07) is 14.3. The van der Waals surface area contributed by atoms with Gasteiger partial charge >= 0.3 is 0 Å². The molecule has 1 aromatic carbocycles. The van der Waals surface area contributed by atoms with E-state index in [-0.39, 0.29) is 0 Å². The molecule has 0 amide bonds. The van der Waals surface area contributed by atoms with Gasteiger partial charge in [0.25, 0.3) is 0 Å². The van der Waals surface area contributed by atoms with E-state index in [2.05, 4.69) is 28.1 Å². The van der Waals surface area contributed by atoms with Crippen molar-refractivity contribution in [2.45, 2.75) is 12.8 Å². The van der Waals surface area contributed by atoms with Crippen molar-refractivity contribution in [1.82, 2.24) is 9.97 Å². The topological polar surface area (TPSA) is 56.7 Å². The largest absolute Gasteiger partial charge is 0.489 e. The molecule has 4 rings (SSSR count). The molecule has 0 unspecified atom stereocenters. The van der Waals surface area contributed by atoms with Gasteiger partial charge in [-0.1, -0.05) is 12.1 Å². The summed E-state index contributed by atoms with van der Waals surface area (Å²) in [5.41, 5.74) is 3.74. The van der Waals surface area contributed by atoms with Crippen molar-refractivity contribution in [2.75, 3.05) is 51.5 Å². The highest BCUT2D eigenvalue weighted by atomic mass is 16.5. The predicted molar refractivity (Wildman–Crippen MR) is 115 cm³/mol. The lowest BCUT2D eigenvalue weighted by Gasteiger charge is -2.20. The normalized spacial score (nSPS) is 13.9. The Morgan fingerprint density at radius 2 is 1.79 bits per heavy atom. The average molecular weight is 393 g/mol. The van der Waals surface area contributed by atoms with E-state index in [0.29, 0.717) is 26.4 Å². The zero-order valence-corrected chi connectivity index (χ0v) is 16.8. The molecule has 1 fully saturated rings. The molecule has 0 N–H and O–H groups in total. The molecule has 29 heavy (non-hydrogen) atoms. The van der Waals surface area contributed by atoms with Crippen LogP contribution in [0.2, 0.25) is 0 Å². The molecular formula is C23H27N3O3. The number of aromatic nitrogens is 2. The predicted octanol–water partition coefficient (Wildman–Crippen LogP) is 3.94. The molecule has 0 spiro atoms. The Kier molecular flexibility index (Phi) is 6.54. The standard InChI is InChI=1S/C23H27N3O3/c1-27-12-13-28-14-15-29-22-17-19(26-10-4-5-11-26)16-18-7-8-21(25-23(18)22)20-6-2-3-9-24-20/h2-3,6-9,16-17H,4-5,10-15H2,1H3. The maximum absolute atomic E-state index is 6.12. The summed E-state index contributed by atoms with van der Waals surface area (Å²) in [5.74, 6) is 0.789. The average Bonchev–Trinajstić information content (AvgIpc) is 3.31. The molecule has 2 aromatic heterocycles. The Morgan fingerprint density at radius 1 is 0.931 bits per heavy atom. The molecule has 1 aliphatic heterocycles. The van der Waals surface area contributed by atoms with E-state index in [1.54, 1.807) is 13.3 Å². The summed E-state index contributed by atoms with van der Waals surface area (Å²) in [5, 5.41) is 1.07. The first-order chi connectivity index (χ1) is 14.3. The van der Waals surface area contributed by atoms with Crippen LogP contribution in [0.4, 0.5) is 5.69 Å². The van der Waals surface area contributed by atoms with Crippen LogP contribution >= 0.6 is 0 Å². The lowest BCUT2D eigenvalue weighted by Crippen LogP contribution is -2.18. The molecule has 0 aliphatic carbocycles. The molecular weight excluding hydrogens is 366 g/mol. The summed E-state index contributed by atoms with van der Waals surface area (Å²) in [6.07, 6.45) is 4.25. The number of methoxy groups -OCH3 is 1. The van der Waals surface area contributed by atoms with Crippen LogP contribution in [0.1, 0.15) is 12.8 Å². The molecule has 1 aliphatic rings. The number of hydrogen-bond donors (Lipinski definition) is 0. The van der Waals surface area contributed by atoms with Crippen LogP contribution in [-0.4, -0.2) is 56.6 Å². The summed E-state index contributed by atoms with van der Waals surface area (Å²) in [7, 11) is 1.67. The fraction of sp³-hybridized carbons (Fsp3) is 0.391. The molecule has 0 atom stereocenters. The van der Waals surface area contributed by atoms with Gasteiger partial charge in [0.15, 0.2) is 0 Å². The van der Waals surface area contributed by atoms with E-state index in [9.17, 15) is 0 Å². The van der Waals surface area contributed by atoms with E-state index >= 15 is 0 Å². The van der Waals surface area contributed by atoms with Crippen LogP contribution in [-0.2, 0) is 9.47 Å². The van der Waals surface area contributed by atoms with Crippen molar-refractivity contribution in [3.8, 4) is 17.1 Å². The van der Waals surface area contributed by atoms with Gasteiger partial charge in [-0.2, -0.15) is 0 Å². The quantitative estimate of drug-likeness (QED) is 0.513. The van der Waals surface area contributed by atoms with Crippen LogP contribution in [0.3, 0.4) is 0 Å². The maximum Gasteiger partial charge on any atom is 0.147 e. The van der Waals surface area contributed by atoms with E-state index in [1.807, 2.05) is 24.3 Å². The summed E-state index contributed by atoms with van der Waals surface area (Å²) in [6.45, 7) is 4.31. The minimum atomic E-state index is 0.470. The number of benzene rings is 1. The van der Waals surface area contributed by atoms with Crippen LogP contribution in [0, 0.1) is 0 Å². The Hall–Kier alpha value is -2.70. The highest BCUT2D eigenvalue weighted by Gasteiger charge is 2.16. The molecule has 0 radical (unpaired) electrons. The highest BCUT2D eigenvalue weighted by molar-refractivity contribution is 5.90. The minimum absolute atomic E-state index is 0.470. The number of pyridine rings is 2. The van der Waals surface area contributed by atoms with Gasteiger partial charge in [0.1, 0.15) is 17.9 Å². The fourth-order valence-electron chi connectivity index (χ4n) is 3.57. The number of ether oxygens (including phenoxy) is 3. The number of anilines is 1. The Balaban J connectivity index is 1.62. The smallest absolute Gasteiger partial charge is 0.147 e. The molecule has 152 valence electrons. The third-order valence-electron chi connectivity index (χ3n) is 5.06. The monoisotopic (exact) mass is 393 g/mol. The van der Waals surface area contributed by atoms with Crippen molar-refractivity contribution in [1.29, 1.82) is 0 Å². The van der Waals surface area contributed by atoms with Gasteiger partial charge in [-0.25, -0.2) is 4.98 Å². The summed E-state index contributed by atoms with van der Waals surface area (Å²) < 4.78 is 16.7. The second-order valence-electron chi connectivity index (χ2n) is 7.07. The molecule has 6 heteroatoms. The van der Waals surface area contributed by atoms with Crippen molar-refractivity contribution in [3.63, 3.8) is 0 Å². The molecule has 3 heterocycles. The van der Waals surface area contributed by atoms with Gasteiger partial charge in [-0.05, 0) is 37.1 Å². The molecule has 1 saturated heterocycles. The third kappa shape index (κ3) is 4.83. The Bertz CT molecular complexity index is 927. The number of hydrogen-bond acceptors (Lipinski definition) is 6. The van der Waals surface area contributed by atoms with Crippen molar-refractivity contribution in [3.05, 3.63) is 48.7 Å². The van der Waals surface area contributed by atoms with E-state index in [0.717, 1.165) is 41.1 Å². The van der Waals surface area contributed by atoms with E-state index in [4.69, 9.17) is 19.2 Å². The number of rotatable bonds is 9. The van der Waals surface area contributed by atoms with Crippen molar-refractivity contribution in [2.24, 2.45) is 0 Å². The van der Waals surface area contributed by atoms with Gasteiger partial charge in [-0.3, -0.25) is 4.98 Å². The van der Waals surface area contributed by atoms with Crippen molar-refractivity contribution >= 4 is 16.6 Å². The van der Waals surface area contributed by atoms with Gasteiger partial charge in [0.05, 0.1) is 31.2 Å². The van der Waals surface area contributed by atoms with E-state index in [1.165, 1.54) is 18.5 Å². The summed E-state index contributed by atoms with van der Waals surface area (Å²) in [4.78, 5) is 11.7. The SMILES string of the molecule is COCCOCCOc1cc(N2CCCC2)cc2ccc(-c3ccccn3)nc12. The molecule has 0 saturated carbocycles. The second-order valence-corrected chi connectivity index (χ2v) is 7.07. The minimum Gasteiger partial charge on any atom is -0.489 e. The first-order valence-corrected chi connectivity index (χ1v) is 10.2. The van der Waals surface area contributed by atoms with Gasteiger partial charge < -0.3 is 19.1 Å². The molecule has 3 aromatic rings. The lowest BCUT2D eigenvalue weighted by molar-refractivity contribution is 0.0546. The van der Waals surface area contributed by atoms with Crippen molar-refractivity contribution < 1.29 is 14.2 Å². The van der Waals surface area contributed by atoms with Gasteiger partial charge in [0.2, 0.25) is 0 Å². The maximum atomic E-state index is 6.12. The van der Waals surface area contributed by atoms with Gasteiger partial charge in [-0.15, -0.1) is 0 Å². The highest BCUT2D eigenvalue weighted by Crippen LogP contribution is 2.33. The third-order valence-corrected chi connectivity index (χ3v) is 5.06. The Labute approximate surface area is 171 Å². The van der Waals surface area contributed by atoms with Crippen LogP contribution < -0.4 is 9.64 Å². The van der Waals surface area contributed by atoms with Crippen LogP contribution in [0.15, 0.2) is 48.7 Å². The van der Waals surface area contributed by atoms with E-state index < -0.39 is 0 Å². The first-order valence-electron chi connectivity index (χ1n) is 10.2. The zero-order valence-electron chi connectivity index (χ0n) is 16.8. The Morgan fingerprint density at radius 3 is 2.59 bits per heavy atom. The van der Waals surface area contributed by atoms with Crippen LogP contribution in [0.25, 0.3) is 22.3 Å². The lowest BCUT2D eigenvalue weighted by atomic mass is 10.1. The van der Waals surface area contributed by atoms with Crippen LogP contribution in [0.5, 0.6) is 5.75 Å². The summed E-state index contributed by atoms with van der Waals surface area (Å²) >= 11 is 0. The second kappa shape index (κ2) is 9.67. The molecule has 6 nitrogen and oxygen atoms in total. The fourth-order valence-corrected chi connectivity index (χ4v) is 3.57.